The SMILES string of the molecule is COc1ccc(CN(C)CC(=O)NCCc2ccc(Cl)cc2Cl)cc1. The van der Waals surface area contributed by atoms with Gasteiger partial charge >= 0.3 is 0 Å². The summed E-state index contributed by atoms with van der Waals surface area (Å²) < 4.78 is 5.14. The van der Waals surface area contributed by atoms with E-state index in [0.717, 1.165) is 16.9 Å². The van der Waals surface area contributed by atoms with E-state index in [-0.39, 0.29) is 5.91 Å². The third-order valence-corrected chi connectivity index (χ3v) is 4.34. The Hall–Kier alpha value is -1.75. The molecule has 0 aliphatic carbocycles. The molecule has 0 radical (unpaired) electrons. The van der Waals surface area contributed by atoms with Gasteiger partial charge in [0.05, 0.1) is 13.7 Å². The summed E-state index contributed by atoms with van der Waals surface area (Å²) in [6.45, 7) is 1.57. The number of benzene rings is 2. The first-order valence-corrected chi connectivity index (χ1v) is 8.75. The lowest BCUT2D eigenvalue weighted by Gasteiger charge is -2.16. The summed E-state index contributed by atoms with van der Waals surface area (Å²) in [5, 5.41) is 4.15. The number of carbonyl (C=O) groups is 1. The van der Waals surface area contributed by atoms with Crippen molar-refractivity contribution in [3.05, 3.63) is 63.6 Å². The largest absolute Gasteiger partial charge is 0.497 e. The highest BCUT2D eigenvalue weighted by atomic mass is 35.5. The molecule has 1 N–H and O–H groups in total. The van der Waals surface area contributed by atoms with E-state index in [1.165, 1.54) is 0 Å². The molecule has 0 atom stereocenters. The van der Waals surface area contributed by atoms with Crippen LogP contribution >= 0.6 is 23.2 Å². The Balaban J connectivity index is 1.73. The molecule has 0 saturated heterocycles. The van der Waals surface area contributed by atoms with Crippen LogP contribution in [0.3, 0.4) is 0 Å². The van der Waals surface area contributed by atoms with Crippen molar-refractivity contribution in [3.63, 3.8) is 0 Å². The number of nitrogens with one attached hydrogen (secondary N) is 1. The number of halogens is 2. The molecule has 25 heavy (non-hydrogen) atoms. The smallest absolute Gasteiger partial charge is 0.234 e. The van der Waals surface area contributed by atoms with Gasteiger partial charge in [-0.25, -0.2) is 0 Å². The molecule has 0 saturated carbocycles. The van der Waals surface area contributed by atoms with E-state index in [4.69, 9.17) is 27.9 Å². The second-order valence-corrected chi connectivity index (χ2v) is 6.70. The van der Waals surface area contributed by atoms with Crippen LogP contribution in [-0.4, -0.2) is 38.1 Å². The number of hydrogen-bond acceptors (Lipinski definition) is 3. The normalized spacial score (nSPS) is 10.8. The molecule has 134 valence electrons. The van der Waals surface area contributed by atoms with Crippen molar-refractivity contribution >= 4 is 29.1 Å². The molecule has 2 aromatic carbocycles. The van der Waals surface area contributed by atoms with Crippen molar-refractivity contribution < 1.29 is 9.53 Å². The molecule has 2 aromatic rings. The highest BCUT2D eigenvalue weighted by Crippen LogP contribution is 2.21. The highest BCUT2D eigenvalue weighted by Gasteiger charge is 2.08. The number of ether oxygens (including phenoxy) is 1. The van der Waals surface area contributed by atoms with Crippen LogP contribution < -0.4 is 10.1 Å². The van der Waals surface area contributed by atoms with Gasteiger partial charge in [-0.2, -0.15) is 0 Å². The summed E-state index contributed by atoms with van der Waals surface area (Å²) in [7, 11) is 3.56. The predicted octanol–water partition coefficient (Wildman–Crippen LogP) is 3.79. The number of amides is 1. The molecule has 2 rings (SSSR count). The molecule has 6 heteroatoms. The molecule has 0 aromatic heterocycles. The average molecular weight is 381 g/mol. The Bertz CT molecular complexity index is 705. The molecular weight excluding hydrogens is 359 g/mol. The number of likely N-dealkylation sites (N-methyl/N-ethyl adjacent to an activating group) is 1. The van der Waals surface area contributed by atoms with Gasteiger partial charge in [-0.3, -0.25) is 9.69 Å². The van der Waals surface area contributed by atoms with Crippen molar-refractivity contribution in [1.29, 1.82) is 0 Å². The lowest BCUT2D eigenvalue weighted by Crippen LogP contribution is -2.35. The summed E-state index contributed by atoms with van der Waals surface area (Å²) in [4.78, 5) is 14.0. The number of nitrogens with zero attached hydrogens (tertiary/aromatic N) is 1. The zero-order valence-corrected chi connectivity index (χ0v) is 15.9. The van der Waals surface area contributed by atoms with E-state index >= 15 is 0 Å². The van der Waals surface area contributed by atoms with Gasteiger partial charge in [0.2, 0.25) is 5.91 Å². The fourth-order valence-electron chi connectivity index (χ4n) is 2.46. The standard InChI is InChI=1S/C19H22Cl2N2O2/c1-23(12-14-3-7-17(25-2)8-4-14)13-19(24)22-10-9-15-5-6-16(20)11-18(15)21/h3-8,11H,9-10,12-13H2,1-2H3,(H,22,24). The average Bonchev–Trinajstić information content (AvgIpc) is 2.57. The van der Waals surface area contributed by atoms with Gasteiger partial charge in [0.25, 0.3) is 0 Å². The van der Waals surface area contributed by atoms with E-state index < -0.39 is 0 Å². The van der Waals surface area contributed by atoms with Crippen molar-refractivity contribution in [1.82, 2.24) is 10.2 Å². The van der Waals surface area contributed by atoms with Gasteiger partial charge in [0.15, 0.2) is 0 Å². The number of hydrogen-bond donors (Lipinski definition) is 1. The summed E-state index contributed by atoms with van der Waals surface area (Å²) >= 11 is 12.0. The Kier molecular flexibility index (Phi) is 7.56. The van der Waals surface area contributed by atoms with Gasteiger partial charge in [-0.1, -0.05) is 41.4 Å². The minimum absolute atomic E-state index is 0.0129. The zero-order valence-electron chi connectivity index (χ0n) is 14.4. The molecule has 0 fully saturated rings. The van der Waals surface area contributed by atoms with E-state index in [0.29, 0.717) is 36.1 Å². The Morgan fingerprint density at radius 2 is 1.88 bits per heavy atom. The Morgan fingerprint density at radius 1 is 1.16 bits per heavy atom. The third-order valence-electron chi connectivity index (χ3n) is 3.76. The monoisotopic (exact) mass is 380 g/mol. The maximum Gasteiger partial charge on any atom is 0.234 e. The van der Waals surface area contributed by atoms with Crippen LogP contribution in [0.1, 0.15) is 11.1 Å². The van der Waals surface area contributed by atoms with Crippen LogP contribution in [0.4, 0.5) is 0 Å². The molecule has 0 unspecified atom stereocenters. The van der Waals surface area contributed by atoms with Gasteiger partial charge in [-0.15, -0.1) is 0 Å². The fourth-order valence-corrected chi connectivity index (χ4v) is 2.96. The molecule has 1 amide bonds. The summed E-state index contributed by atoms with van der Waals surface area (Å²) in [5.74, 6) is 0.811. The van der Waals surface area contributed by atoms with E-state index in [9.17, 15) is 4.79 Å². The zero-order chi connectivity index (χ0) is 18.2. The van der Waals surface area contributed by atoms with E-state index in [1.54, 1.807) is 19.2 Å². The quantitative estimate of drug-likeness (QED) is 0.757. The topological polar surface area (TPSA) is 41.6 Å². The highest BCUT2D eigenvalue weighted by molar-refractivity contribution is 6.35. The minimum atomic E-state index is -0.0129. The van der Waals surface area contributed by atoms with Gasteiger partial charge < -0.3 is 10.1 Å². The van der Waals surface area contributed by atoms with Crippen molar-refractivity contribution in [2.45, 2.75) is 13.0 Å². The molecular formula is C19H22Cl2N2O2. The van der Waals surface area contributed by atoms with E-state index in [1.807, 2.05) is 42.3 Å². The molecule has 4 nitrogen and oxygen atoms in total. The van der Waals surface area contributed by atoms with Crippen molar-refractivity contribution in [2.75, 3.05) is 27.2 Å². The fraction of sp³-hybridized carbons (Fsp3) is 0.316. The third kappa shape index (κ3) is 6.58. The molecule has 0 bridgehead atoms. The van der Waals surface area contributed by atoms with Gasteiger partial charge in [0, 0.05) is 23.1 Å². The minimum Gasteiger partial charge on any atom is -0.497 e. The first kappa shape index (κ1) is 19.6. The van der Waals surface area contributed by atoms with Crippen LogP contribution in [0.2, 0.25) is 10.0 Å². The maximum absolute atomic E-state index is 12.0. The number of rotatable bonds is 8. The summed E-state index contributed by atoms with van der Waals surface area (Å²) in [5.41, 5.74) is 2.10. The van der Waals surface area contributed by atoms with Crippen molar-refractivity contribution in [2.24, 2.45) is 0 Å². The van der Waals surface area contributed by atoms with Gasteiger partial charge in [0.1, 0.15) is 5.75 Å². The van der Waals surface area contributed by atoms with Gasteiger partial charge in [-0.05, 0) is 48.9 Å². The molecule has 0 heterocycles. The maximum atomic E-state index is 12.0. The van der Waals surface area contributed by atoms with Crippen molar-refractivity contribution in [3.8, 4) is 5.75 Å². The molecule has 0 aliphatic rings. The lowest BCUT2D eigenvalue weighted by atomic mass is 10.1. The number of carbonyl (C=O) groups excluding carboxylic acids is 1. The summed E-state index contributed by atoms with van der Waals surface area (Å²) in [6.07, 6.45) is 0.671. The van der Waals surface area contributed by atoms with E-state index in [2.05, 4.69) is 5.32 Å². The van der Waals surface area contributed by atoms with Crippen LogP contribution in [0.25, 0.3) is 0 Å². The Morgan fingerprint density at radius 3 is 2.52 bits per heavy atom. The Labute approximate surface area is 158 Å². The summed E-state index contributed by atoms with van der Waals surface area (Å²) in [6, 6.07) is 13.2. The molecule has 0 aliphatic heterocycles. The number of methoxy groups -OCH3 is 1. The predicted molar refractivity (Wildman–Crippen MR) is 103 cm³/mol. The van der Waals surface area contributed by atoms with Crippen LogP contribution in [0.15, 0.2) is 42.5 Å². The van der Waals surface area contributed by atoms with Crippen LogP contribution in [-0.2, 0) is 17.8 Å². The lowest BCUT2D eigenvalue weighted by molar-refractivity contribution is -0.122. The van der Waals surface area contributed by atoms with Crippen LogP contribution in [0.5, 0.6) is 5.75 Å². The molecule has 0 spiro atoms. The second kappa shape index (κ2) is 9.66. The first-order valence-electron chi connectivity index (χ1n) is 8.00. The first-order chi connectivity index (χ1) is 12.0. The second-order valence-electron chi connectivity index (χ2n) is 5.86. The van der Waals surface area contributed by atoms with Crippen LogP contribution in [0, 0.1) is 0 Å².